The molecule has 0 saturated heterocycles. The van der Waals surface area contributed by atoms with Crippen molar-refractivity contribution < 1.29 is 0 Å². The van der Waals surface area contributed by atoms with Crippen molar-refractivity contribution in [3.8, 4) is 0 Å². The first-order chi connectivity index (χ1) is 5.77. The quantitative estimate of drug-likeness (QED) is 0.571. The van der Waals surface area contributed by atoms with Crippen LogP contribution >= 0.6 is 0 Å². The zero-order valence-corrected chi connectivity index (χ0v) is 6.05. The van der Waals surface area contributed by atoms with E-state index in [1.807, 2.05) is 0 Å². The minimum absolute atomic E-state index is 0.372. The molecule has 1 heterocycles. The highest BCUT2D eigenvalue weighted by atomic mass is 16.2. The Morgan fingerprint density at radius 2 is 2.08 bits per heavy atom. The number of H-pyrrole nitrogens is 2. The fourth-order valence-corrected chi connectivity index (χ4v) is 1.06. The molecular formula is C8H5N2O2. The molecule has 4 nitrogen and oxygen atoms in total. The smallest absolute Gasteiger partial charge is 0.307 e. The molecule has 1 aromatic carbocycles. The van der Waals surface area contributed by atoms with Gasteiger partial charge < -0.3 is 4.98 Å². The van der Waals surface area contributed by atoms with Crippen LogP contribution in [0.3, 0.4) is 0 Å². The topological polar surface area (TPSA) is 65.7 Å². The van der Waals surface area contributed by atoms with Gasteiger partial charge in [-0.15, -0.1) is 0 Å². The summed E-state index contributed by atoms with van der Waals surface area (Å²) in [6.07, 6.45) is 0. The Morgan fingerprint density at radius 1 is 1.25 bits per heavy atom. The minimum atomic E-state index is -0.493. The van der Waals surface area contributed by atoms with E-state index in [4.69, 9.17) is 0 Å². The van der Waals surface area contributed by atoms with Crippen LogP contribution in [0.4, 0.5) is 0 Å². The van der Waals surface area contributed by atoms with E-state index in [0.29, 0.717) is 10.9 Å². The number of fused-ring (bicyclic) bond motifs is 1. The molecule has 0 amide bonds. The third-order valence-corrected chi connectivity index (χ3v) is 1.58. The van der Waals surface area contributed by atoms with E-state index in [-0.39, 0.29) is 5.56 Å². The van der Waals surface area contributed by atoms with Gasteiger partial charge in [-0.3, -0.25) is 9.78 Å². The summed E-state index contributed by atoms with van der Waals surface area (Å²) in [6, 6.07) is 7.55. The van der Waals surface area contributed by atoms with Gasteiger partial charge in [0.2, 0.25) is 0 Å². The summed E-state index contributed by atoms with van der Waals surface area (Å²) < 4.78 is 0. The van der Waals surface area contributed by atoms with Gasteiger partial charge in [0.05, 0.1) is 10.9 Å². The second kappa shape index (κ2) is 2.34. The van der Waals surface area contributed by atoms with Crippen molar-refractivity contribution in [1.82, 2.24) is 9.97 Å². The van der Waals surface area contributed by atoms with Crippen molar-refractivity contribution in [3.05, 3.63) is 45.1 Å². The van der Waals surface area contributed by atoms with Gasteiger partial charge in [-0.05, 0) is 18.2 Å². The second-order valence-corrected chi connectivity index (χ2v) is 2.38. The number of nitrogens with one attached hydrogen (secondary N) is 2. The fraction of sp³-hybridized carbons (Fsp3) is 0. The third kappa shape index (κ3) is 0.934. The summed E-state index contributed by atoms with van der Waals surface area (Å²) in [5.74, 6) is 0. The molecule has 4 heteroatoms. The molecule has 0 atom stereocenters. The van der Waals surface area contributed by atoms with Crippen molar-refractivity contribution in [2.75, 3.05) is 0 Å². The summed E-state index contributed by atoms with van der Waals surface area (Å²) in [5.41, 5.74) is -0.360. The summed E-state index contributed by atoms with van der Waals surface area (Å²) in [5, 5.41) is 0.466. The van der Waals surface area contributed by atoms with Crippen LogP contribution in [-0.4, -0.2) is 9.97 Å². The number of aromatic nitrogens is 2. The Hall–Kier alpha value is -1.84. The third-order valence-electron chi connectivity index (χ3n) is 1.58. The molecule has 0 aliphatic heterocycles. The summed E-state index contributed by atoms with van der Waals surface area (Å²) >= 11 is 0. The highest BCUT2D eigenvalue weighted by molar-refractivity contribution is 5.76. The lowest BCUT2D eigenvalue weighted by Crippen LogP contribution is -2.21. The van der Waals surface area contributed by atoms with E-state index in [9.17, 15) is 9.59 Å². The SMILES string of the molecule is O=c1[nH]c(=O)c2cc[c]cc2[nH]1. The Balaban J connectivity index is 3.09. The number of aromatic amines is 2. The van der Waals surface area contributed by atoms with Gasteiger partial charge in [0.15, 0.2) is 0 Å². The van der Waals surface area contributed by atoms with Gasteiger partial charge in [-0.2, -0.15) is 0 Å². The molecule has 0 aliphatic carbocycles. The van der Waals surface area contributed by atoms with Crippen LogP contribution in [0.15, 0.2) is 27.8 Å². The lowest BCUT2D eigenvalue weighted by molar-refractivity contribution is 1.08. The summed E-state index contributed by atoms with van der Waals surface area (Å²) in [6.45, 7) is 0. The van der Waals surface area contributed by atoms with E-state index in [1.54, 1.807) is 18.2 Å². The molecule has 2 aromatic rings. The first kappa shape index (κ1) is 6.84. The molecule has 0 fully saturated rings. The first-order valence-electron chi connectivity index (χ1n) is 3.40. The minimum Gasteiger partial charge on any atom is -0.307 e. The maximum Gasteiger partial charge on any atom is 0.326 e. The zero-order valence-electron chi connectivity index (χ0n) is 6.05. The molecule has 2 rings (SSSR count). The number of hydrogen-bond donors (Lipinski definition) is 2. The van der Waals surface area contributed by atoms with E-state index in [1.165, 1.54) is 0 Å². The number of benzene rings is 1. The van der Waals surface area contributed by atoms with Crippen LogP contribution in [0.2, 0.25) is 0 Å². The van der Waals surface area contributed by atoms with Crippen LogP contribution in [0.5, 0.6) is 0 Å². The van der Waals surface area contributed by atoms with Crippen LogP contribution in [0.1, 0.15) is 0 Å². The van der Waals surface area contributed by atoms with E-state index >= 15 is 0 Å². The predicted octanol–water partition coefficient (Wildman–Crippen LogP) is 0.0166. The van der Waals surface area contributed by atoms with Gasteiger partial charge in [0, 0.05) is 0 Å². The largest absolute Gasteiger partial charge is 0.326 e. The molecule has 0 aliphatic rings. The van der Waals surface area contributed by atoms with Gasteiger partial charge >= 0.3 is 5.69 Å². The normalized spacial score (nSPS) is 10.3. The Morgan fingerprint density at radius 3 is 2.92 bits per heavy atom. The van der Waals surface area contributed by atoms with Crippen LogP contribution in [0.25, 0.3) is 10.9 Å². The van der Waals surface area contributed by atoms with Crippen molar-refractivity contribution >= 4 is 10.9 Å². The van der Waals surface area contributed by atoms with Crippen LogP contribution < -0.4 is 11.2 Å². The molecule has 1 radical (unpaired) electrons. The maximum atomic E-state index is 11.1. The standard InChI is InChI=1S/C8H5N2O2/c11-7-5-3-1-2-4-6(5)9-8(12)10-7/h1,3-4H,(H2,9,10,11,12). The molecule has 0 bridgehead atoms. The highest BCUT2D eigenvalue weighted by Gasteiger charge is 1.96. The van der Waals surface area contributed by atoms with E-state index < -0.39 is 5.69 Å². The molecule has 0 spiro atoms. The van der Waals surface area contributed by atoms with Crippen molar-refractivity contribution in [3.63, 3.8) is 0 Å². The molecule has 12 heavy (non-hydrogen) atoms. The Kier molecular flexibility index (Phi) is 1.33. The average molecular weight is 161 g/mol. The van der Waals surface area contributed by atoms with E-state index in [2.05, 4.69) is 16.0 Å². The summed E-state index contributed by atoms with van der Waals surface area (Å²) in [7, 11) is 0. The predicted molar refractivity (Wildman–Crippen MR) is 44.0 cm³/mol. The molecule has 0 unspecified atom stereocenters. The van der Waals surface area contributed by atoms with Gasteiger partial charge in [-0.1, -0.05) is 6.07 Å². The van der Waals surface area contributed by atoms with Gasteiger partial charge in [0.1, 0.15) is 0 Å². The Labute approximate surface area is 66.9 Å². The molecular weight excluding hydrogens is 156 g/mol. The molecule has 1 aromatic heterocycles. The second-order valence-electron chi connectivity index (χ2n) is 2.38. The summed E-state index contributed by atoms with van der Waals surface area (Å²) in [4.78, 5) is 26.5. The van der Waals surface area contributed by atoms with Crippen molar-refractivity contribution in [2.45, 2.75) is 0 Å². The lowest BCUT2D eigenvalue weighted by Gasteiger charge is -1.92. The van der Waals surface area contributed by atoms with Crippen molar-refractivity contribution in [1.29, 1.82) is 0 Å². The van der Waals surface area contributed by atoms with Gasteiger partial charge in [-0.25, -0.2) is 4.79 Å². The fourth-order valence-electron chi connectivity index (χ4n) is 1.06. The monoisotopic (exact) mass is 161 g/mol. The maximum absolute atomic E-state index is 11.1. The molecule has 59 valence electrons. The lowest BCUT2D eigenvalue weighted by atomic mass is 10.2. The first-order valence-corrected chi connectivity index (χ1v) is 3.40. The zero-order chi connectivity index (χ0) is 8.55. The Bertz CT molecular complexity index is 524. The number of hydrogen-bond acceptors (Lipinski definition) is 2. The average Bonchev–Trinajstić information content (AvgIpc) is 2.04. The van der Waals surface area contributed by atoms with Crippen LogP contribution in [0, 0.1) is 6.07 Å². The molecule has 2 N–H and O–H groups in total. The highest BCUT2D eigenvalue weighted by Crippen LogP contribution is 2.00. The van der Waals surface area contributed by atoms with E-state index in [0.717, 1.165) is 0 Å². The molecule has 0 saturated carbocycles. The van der Waals surface area contributed by atoms with Gasteiger partial charge in [0.25, 0.3) is 5.56 Å². The van der Waals surface area contributed by atoms with Crippen LogP contribution in [-0.2, 0) is 0 Å². The van der Waals surface area contributed by atoms with Crippen molar-refractivity contribution in [2.24, 2.45) is 0 Å². The number of rotatable bonds is 0.